The first-order valence-electron chi connectivity index (χ1n) is 6.70. The molecule has 1 fully saturated rings. The number of rotatable bonds is 5. The molecule has 0 amide bonds. The van der Waals surface area contributed by atoms with Gasteiger partial charge in [-0.2, -0.15) is 0 Å². The highest BCUT2D eigenvalue weighted by atomic mass is 35.5. The van der Waals surface area contributed by atoms with Gasteiger partial charge in [-0.25, -0.2) is 9.97 Å². The molecule has 1 aromatic heterocycles. The van der Waals surface area contributed by atoms with Crippen LogP contribution < -0.4 is 4.90 Å². The highest BCUT2D eigenvalue weighted by Crippen LogP contribution is 2.23. The van der Waals surface area contributed by atoms with E-state index >= 15 is 0 Å². The maximum absolute atomic E-state index is 9.28. The van der Waals surface area contributed by atoms with Gasteiger partial charge in [0.25, 0.3) is 0 Å². The maximum atomic E-state index is 9.28. The highest BCUT2D eigenvalue weighted by molar-refractivity contribution is 6.29. The summed E-state index contributed by atoms with van der Waals surface area (Å²) in [5.41, 5.74) is 0. The summed E-state index contributed by atoms with van der Waals surface area (Å²) in [6, 6.07) is 1.77. The molecule has 1 aliphatic rings. The number of piperidine rings is 1. The van der Waals surface area contributed by atoms with Crippen LogP contribution in [0.25, 0.3) is 0 Å². The van der Waals surface area contributed by atoms with Gasteiger partial charge in [-0.1, -0.05) is 11.6 Å². The Morgan fingerprint density at radius 1 is 1.53 bits per heavy atom. The Morgan fingerprint density at radius 3 is 3.11 bits per heavy atom. The predicted octanol–water partition coefficient (Wildman–Crippen LogP) is 1.88. The monoisotopic (exact) mass is 285 g/mol. The number of aliphatic hydroxyl groups excluding tert-OH is 1. The third-order valence-corrected chi connectivity index (χ3v) is 3.46. The van der Waals surface area contributed by atoms with Crippen LogP contribution in [0.2, 0.25) is 5.15 Å². The molecule has 1 unspecified atom stereocenters. The van der Waals surface area contributed by atoms with Crippen molar-refractivity contribution in [2.45, 2.75) is 26.4 Å². The number of hydrogen-bond acceptors (Lipinski definition) is 5. The van der Waals surface area contributed by atoms with Gasteiger partial charge in [0, 0.05) is 32.4 Å². The lowest BCUT2D eigenvalue weighted by Gasteiger charge is -2.32. The molecular weight excluding hydrogens is 266 g/mol. The van der Waals surface area contributed by atoms with Crippen molar-refractivity contribution in [3.8, 4) is 0 Å². The van der Waals surface area contributed by atoms with Crippen LogP contribution in [0.15, 0.2) is 6.07 Å². The lowest BCUT2D eigenvalue weighted by Crippen LogP contribution is -2.37. The summed E-state index contributed by atoms with van der Waals surface area (Å²) in [5, 5.41) is 9.71. The van der Waals surface area contributed by atoms with Crippen molar-refractivity contribution in [2.75, 3.05) is 31.2 Å². The summed E-state index contributed by atoms with van der Waals surface area (Å²) in [5.74, 6) is 1.75. The Bertz CT molecular complexity index is 417. The van der Waals surface area contributed by atoms with E-state index in [1.54, 1.807) is 6.07 Å². The first kappa shape index (κ1) is 14.5. The molecule has 106 valence electrons. The summed E-state index contributed by atoms with van der Waals surface area (Å²) < 4.78 is 5.32. The average Bonchev–Trinajstić information content (AvgIpc) is 2.44. The quantitative estimate of drug-likeness (QED) is 0.837. The zero-order valence-electron chi connectivity index (χ0n) is 11.2. The van der Waals surface area contributed by atoms with E-state index in [0.29, 0.717) is 30.1 Å². The summed E-state index contributed by atoms with van der Waals surface area (Å²) in [4.78, 5) is 10.8. The van der Waals surface area contributed by atoms with E-state index in [2.05, 4.69) is 14.9 Å². The molecule has 0 spiro atoms. The van der Waals surface area contributed by atoms with E-state index in [0.717, 1.165) is 31.7 Å². The van der Waals surface area contributed by atoms with Crippen LogP contribution in [-0.2, 0) is 11.3 Å². The summed E-state index contributed by atoms with van der Waals surface area (Å²) in [7, 11) is 0. The van der Waals surface area contributed by atoms with E-state index in [1.807, 2.05) is 6.92 Å². The molecule has 6 heteroatoms. The third kappa shape index (κ3) is 4.03. The van der Waals surface area contributed by atoms with Crippen molar-refractivity contribution in [3.05, 3.63) is 17.0 Å². The van der Waals surface area contributed by atoms with Gasteiger partial charge >= 0.3 is 0 Å². The molecule has 1 N–H and O–H groups in total. The van der Waals surface area contributed by atoms with Crippen LogP contribution in [0, 0.1) is 5.92 Å². The highest BCUT2D eigenvalue weighted by Gasteiger charge is 2.21. The van der Waals surface area contributed by atoms with E-state index in [4.69, 9.17) is 16.3 Å². The van der Waals surface area contributed by atoms with E-state index in [9.17, 15) is 5.11 Å². The topological polar surface area (TPSA) is 58.5 Å². The van der Waals surface area contributed by atoms with Crippen molar-refractivity contribution in [1.82, 2.24) is 9.97 Å². The normalized spacial score (nSPS) is 19.7. The Labute approximate surface area is 118 Å². The SMILES string of the molecule is CCOCc1nc(Cl)cc(N2CCCC(CO)C2)n1. The molecule has 1 atom stereocenters. The fraction of sp³-hybridized carbons (Fsp3) is 0.692. The van der Waals surface area contributed by atoms with Gasteiger partial charge in [0.1, 0.15) is 17.6 Å². The first-order valence-corrected chi connectivity index (χ1v) is 7.07. The van der Waals surface area contributed by atoms with Crippen molar-refractivity contribution < 1.29 is 9.84 Å². The molecule has 0 bridgehead atoms. The third-order valence-electron chi connectivity index (χ3n) is 3.26. The standard InChI is InChI=1S/C13H20ClN3O2/c1-2-19-9-12-15-11(14)6-13(16-12)17-5-3-4-10(7-17)8-18/h6,10,18H,2-5,7-9H2,1H3. The Kier molecular flexibility index (Phi) is 5.36. The smallest absolute Gasteiger partial charge is 0.158 e. The number of anilines is 1. The minimum atomic E-state index is 0.223. The largest absolute Gasteiger partial charge is 0.396 e. The van der Waals surface area contributed by atoms with Gasteiger partial charge in [0.15, 0.2) is 5.82 Å². The lowest BCUT2D eigenvalue weighted by molar-refractivity contribution is 0.128. The van der Waals surface area contributed by atoms with Crippen molar-refractivity contribution in [2.24, 2.45) is 5.92 Å². The second-order valence-corrected chi connectivity index (χ2v) is 5.13. The summed E-state index contributed by atoms with van der Waals surface area (Å²) in [6.07, 6.45) is 2.13. The minimum absolute atomic E-state index is 0.223. The number of ether oxygens (including phenoxy) is 1. The molecule has 0 aliphatic carbocycles. The van der Waals surface area contributed by atoms with Gasteiger partial charge in [0.2, 0.25) is 0 Å². The van der Waals surface area contributed by atoms with Crippen LogP contribution in [0.4, 0.5) is 5.82 Å². The fourth-order valence-electron chi connectivity index (χ4n) is 2.29. The average molecular weight is 286 g/mol. The van der Waals surface area contributed by atoms with Gasteiger partial charge in [0.05, 0.1) is 0 Å². The van der Waals surface area contributed by atoms with Crippen LogP contribution >= 0.6 is 11.6 Å². The second-order valence-electron chi connectivity index (χ2n) is 4.74. The number of aromatic nitrogens is 2. The fourth-order valence-corrected chi connectivity index (χ4v) is 2.49. The molecule has 1 saturated heterocycles. The zero-order valence-corrected chi connectivity index (χ0v) is 11.9. The lowest BCUT2D eigenvalue weighted by atomic mass is 9.99. The summed E-state index contributed by atoms with van der Waals surface area (Å²) in [6.45, 7) is 4.92. The minimum Gasteiger partial charge on any atom is -0.396 e. The molecule has 1 aromatic rings. The van der Waals surface area contributed by atoms with Gasteiger partial charge < -0.3 is 14.7 Å². The number of nitrogens with zero attached hydrogens (tertiary/aromatic N) is 3. The van der Waals surface area contributed by atoms with Crippen molar-refractivity contribution in [3.63, 3.8) is 0 Å². The van der Waals surface area contributed by atoms with E-state index in [-0.39, 0.29) is 6.61 Å². The molecule has 2 rings (SSSR count). The molecular formula is C13H20ClN3O2. The number of halogens is 1. The van der Waals surface area contributed by atoms with Crippen LogP contribution in [-0.4, -0.2) is 41.4 Å². The van der Waals surface area contributed by atoms with E-state index in [1.165, 1.54) is 0 Å². The maximum Gasteiger partial charge on any atom is 0.158 e. The Balaban J connectivity index is 2.11. The van der Waals surface area contributed by atoms with Crippen molar-refractivity contribution in [1.29, 1.82) is 0 Å². The van der Waals surface area contributed by atoms with Crippen LogP contribution in [0.1, 0.15) is 25.6 Å². The molecule has 0 radical (unpaired) electrons. The van der Waals surface area contributed by atoms with Gasteiger partial charge in [-0.3, -0.25) is 0 Å². The molecule has 0 saturated carbocycles. The molecule has 2 heterocycles. The number of aliphatic hydroxyl groups is 1. The van der Waals surface area contributed by atoms with Gasteiger partial charge in [-0.05, 0) is 25.7 Å². The molecule has 1 aliphatic heterocycles. The second kappa shape index (κ2) is 7.03. The molecule has 19 heavy (non-hydrogen) atoms. The first-order chi connectivity index (χ1) is 9.22. The molecule has 5 nitrogen and oxygen atoms in total. The van der Waals surface area contributed by atoms with Crippen molar-refractivity contribution >= 4 is 17.4 Å². The zero-order chi connectivity index (χ0) is 13.7. The number of hydrogen-bond donors (Lipinski definition) is 1. The molecule has 0 aromatic carbocycles. The van der Waals surface area contributed by atoms with Crippen LogP contribution in [0.3, 0.4) is 0 Å². The Hall–Kier alpha value is -0.910. The predicted molar refractivity (Wildman–Crippen MR) is 74.4 cm³/mol. The van der Waals surface area contributed by atoms with Gasteiger partial charge in [-0.15, -0.1) is 0 Å². The summed E-state index contributed by atoms with van der Waals surface area (Å²) >= 11 is 6.04. The van der Waals surface area contributed by atoms with E-state index < -0.39 is 0 Å². The van der Waals surface area contributed by atoms with Crippen LogP contribution in [0.5, 0.6) is 0 Å². The Morgan fingerprint density at radius 2 is 2.37 bits per heavy atom.